The zero-order valence-electron chi connectivity index (χ0n) is 15.5. The van der Waals surface area contributed by atoms with E-state index in [9.17, 15) is 13.2 Å². The van der Waals surface area contributed by atoms with Crippen molar-refractivity contribution >= 4 is 21.6 Å². The molecule has 0 saturated heterocycles. The maximum Gasteiger partial charge on any atom is 0.255 e. The number of amides is 1. The molecule has 2 rings (SSSR count). The first kappa shape index (κ1) is 20.6. The van der Waals surface area contributed by atoms with Gasteiger partial charge in [0, 0.05) is 24.3 Å². The largest absolute Gasteiger partial charge is 0.322 e. The van der Waals surface area contributed by atoms with Crippen molar-refractivity contribution < 1.29 is 13.2 Å². The fourth-order valence-corrected chi connectivity index (χ4v) is 4.34. The molecule has 0 aliphatic rings. The Labute approximate surface area is 160 Å². The maximum atomic E-state index is 12.9. The smallest absolute Gasteiger partial charge is 0.255 e. The molecular formula is C20H23N3O3S. The van der Waals surface area contributed by atoms with Crippen LogP contribution < -0.4 is 5.32 Å². The van der Waals surface area contributed by atoms with Crippen LogP contribution in [-0.2, 0) is 10.0 Å². The highest BCUT2D eigenvalue weighted by molar-refractivity contribution is 7.89. The van der Waals surface area contributed by atoms with Crippen molar-refractivity contribution in [3.8, 4) is 6.07 Å². The van der Waals surface area contributed by atoms with E-state index < -0.39 is 15.9 Å². The Kier molecular flexibility index (Phi) is 7.11. The average Bonchev–Trinajstić information content (AvgIpc) is 2.68. The van der Waals surface area contributed by atoms with E-state index >= 15 is 0 Å². The predicted molar refractivity (Wildman–Crippen MR) is 105 cm³/mol. The number of sulfonamides is 1. The number of carbonyl (C=O) groups is 1. The Balaban J connectivity index is 2.28. The second-order valence-corrected chi connectivity index (χ2v) is 8.02. The lowest BCUT2D eigenvalue weighted by atomic mass is 10.2. The van der Waals surface area contributed by atoms with E-state index in [2.05, 4.69) is 5.32 Å². The van der Waals surface area contributed by atoms with Gasteiger partial charge in [-0.3, -0.25) is 4.79 Å². The van der Waals surface area contributed by atoms with Gasteiger partial charge in [-0.2, -0.15) is 9.57 Å². The quantitative estimate of drug-likeness (QED) is 0.751. The first-order valence-electron chi connectivity index (χ1n) is 8.84. The molecule has 0 spiro atoms. The lowest BCUT2D eigenvalue weighted by molar-refractivity contribution is 0.102. The van der Waals surface area contributed by atoms with Gasteiger partial charge >= 0.3 is 0 Å². The van der Waals surface area contributed by atoms with Crippen molar-refractivity contribution in [1.82, 2.24) is 4.31 Å². The Bertz CT molecular complexity index is 943. The highest BCUT2D eigenvalue weighted by Crippen LogP contribution is 2.19. The van der Waals surface area contributed by atoms with Crippen molar-refractivity contribution in [2.45, 2.75) is 31.6 Å². The summed E-state index contributed by atoms with van der Waals surface area (Å²) in [5.41, 5.74) is 1.15. The van der Waals surface area contributed by atoms with Gasteiger partial charge in [0.2, 0.25) is 10.0 Å². The highest BCUT2D eigenvalue weighted by atomic mass is 32.2. The summed E-state index contributed by atoms with van der Waals surface area (Å²) in [6.07, 6.45) is 1.43. The molecule has 0 unspecified atom stereocenters. The number of nitrogens with zero attached hydrogens (tertiary/aromatic N) is 2. The molecule has 7 heteroatoms. The van der Waals surface area contributed by atoms with Gasteiger partial charge in [0.05, 0.1) is 16.5 Å². The third-order valence-electron chi connectivity index (χ3n) is 3.93. The Morgan fingerprint density at radius 1 is 1.07 bits per heavy atom. The molecule has 1 amide bonds. The number of anilines is 1. The Morgan fingerprint density at radius 2 is 1.74 bits per heavy atom. The van der Waals surface area contributed by atoms with E-state index in [0.29, 0.717) is 37.2 Å². The van der Waals surface area contributed by atoms with Gasteiger partial charge in [0.25, 0.3) is 5.91 Å². The highest BCUT2D eigenvalue weighted by Gasteiger charge is 2.24. The maximum absolute atomic E-state index is 12.9. The minimum absolute atomic E-state index is 0.0998. The molecule has 0 bridgehead atoms. The number of nitrogens with one attached hydrogen (secondary N) is 1. The summed E-state index contributed by atoms with van der Waals surface area (Å²) in [5, 5.41) is 11.6. The molecule has 2 aromatic rings. The summed E-state index contributed by atoms with van der Waals surface area (Å²) in [6.45, 7) is 4.73. The minimum atomic E-state index is -3.65. The van der Waals surface area contributed by atoms with Crippen molar-refractivity contribution in [2.24, 2.45) is 0 Å². The van der Waals surface area contributed by atoms with Crippen molar-refractivity contribution in [3.05, 3.63) is 59.7 Å². The van der Waals surface area contributed by atoms with E-state index in [1.807, 2.05) is 19.9 Å². The fraction of sp³-hybridized carbons (Fsp3) is 0.300. The van der Waals surface area contributed by atoms with E-state index in [-0.39, 0.29) is 10.5 Å². The van der Waals surface area contributed by atoms with E-state index in [1.54, 1.807) is 36.4 Å². The fourth-order valence-electron chi connectivity index (χ4n) is 2.67. The lowest BCUT2D eigenvalue weighted by Gasteiger charge is -2.21. The van der Waals surface area contributed by atoms with Gasteiger partial charge < -0.3 is 5.32 Å². The van der Waals surface area contributed by atoms with Gasteiger partial charge in [-0.1, -0.05) is 26.0 Å². The summed E-state index contributed by atoms with van der Waals surface area (Å²) in [7, 11) is -3.65. The van der Waals surface area contributed by atoms with Crippen molar-refractivity contribution in [1.29, 1.82) is 5.26 Å². The van der Waals surface area contributed by atoms with Gasteiger partial charge in [0.15, 0.2) is 0 Å². The summed E-state index contributed by atoms with van der Waals surface area (Å²) in [4.78, 5) is 12.6. The van der Waals surface area contributed by atoms with Crippen LogP contribution in [0.25, 0.3) is 0 Å². The second kappa shape index (κ2) is 9.31. The molecule has 142 valence electrons. The minimum Gasteiger partial charge on any atom is -0.322 e. The summed E-state index contributed by atoms with van der Waals surface area (Å²) >= 11 is 0. The number of rotatable bonds is 8. The normalized spacial score (nSPS) is 11.2. The predicted octanol–water partition coefficient (Wildman–Crippen LogP) is 3.62. The van der Waals surface area contributed by atoms with Crippen LogP contribution in [0.1, 0.15) is 42.6 Å². The molecule has 0 saturated carbocycles. The monoisotopic (exact) mass is 385 g/mol. The molecule has 0 fully saturated rings. The molecule has 6 nitrogen and oxygen atoms in total. The van der Waals surface area contributed by atoms with Gasteiger partial charge in [-0.25, -0.2) is 8.42 Å². The van der Waals surface area contributed by atoms with Gasteiger partial charge in [0.1, 0.15) is 0 Å². The summed E-state index contributed by atoms with van der Waals surface area (Å²) < 4.78 is 27.2. The Hall–Kier alpha value is -2.69. The third-order valence-corrected chi connectivity index (χ3v) is 5.82. The average molecular weight is 385 g/mol. The van der Waals surface area contributed by atoms with Crippen LogP contribution in [0.5, 0.6) is 0 Å². The van der Waals surface area contributed by atoms with Crippen LogP contribution in [0.3, 0.4) is 0 Å². The first-order chi connectivity index (χ1) is 12.9. The number of benzene rings is 2. The standard InChI is InChI=1S/C20H23N3O3S/c1-3-11-23(12-4-2)27(25,26)19-10-6-8-17(14-19)20(24)22-18-9-5-7-16(13-18)15-21/h5-10,13-14H,3-4,11-12H2,1-2H3,(H,22,24). The number of nitriles is 1. The summed E-state index contributed by atoms with van der Waals surface area (Å²) in [6, 6.07) is 14.6. The topological polar surface area (TPSA) is 90.3 Å². The molecule has 0 aliphatic heterocycles. The van der Waals surface area contributed by atoms with Crippen LogP contribution in [-0.4, -0.2) is 31.7 Å². The SMILES string of the molecule is CCCN(CCC)S(=O)(=O)c1cccc(C(=O)Nc2cccc(C#N)c2)c1. The zero-order chi connectivity index (χ0) is 19.9. The molecule has 0 atom stereocenters. The number of hydrogen-bond donors (Lipinski definition) is 1. The molecular weight excluding hydrogens is 362 g/mol. The van der Waals surface area contributed by atoms with Crippen LogP contribution in [0, 0.1) is 11.3 Å². The number of hydrogen-bond acceptors (Lipinski definition) is 4. The van der Waals surface area contributed by atoms with Crippen LogP contribution in [0.2, 0.25) is 0 Å². The van der Waals surface area contributed by atoms with Crippen LogP contribution >= 0.6 is 0 Å². The van der Waals surface area contributed by atoms with Gasteiger partial charge in [-0.15, -0.1) is 0 Å². The molecule has 0 aliphatic carbocycles. The second-order valence-electron chi connectivity index (χ2n) is 6.08. The third kappa shape index (κ3) is 5.16. The zero-order valence-corrected chi connectivity index (χ0v) is 16.3. The Morgan fingerprint density at radius 3 is 2.37 bits per heavy atom. The van der Waals surface area contributed by atoms with Crippen molar-refractivity contribution in [2.75, 3.05) is 18.4 Å². The van der Waals surface area contributed by atoms with Crippen LogP contribution in [0.15, 0.2) is 53.4 Å². The van der Waals surface area contributed by atoms with E-state index in [1.165, 1.54) is 16.4 Å². The van der Waals surface area contributed by atoms with E-state index in [4.69, 9.17) is 5.26 Å². The first-order valence-corrected chi connectivity index (χ1v) is 10.3. The van der Waals surface area contributed by atoms with Crippen molar-refractivity contribution in [3.63, 3.8) is 0 Å². The molecule has 0 radical (unpaired) electrons. The van der Waals surface area contributed by atoms with E-state index in [0.717, 1.165) is 0 Å². The molecule has 0 aromatic heterocycles. The number of carbonyl (C=O) groups excluding carboxylic acids is 1. The van der Waals surface area contributed by atoms with Gasteiger partial charge in [-0.05, 0) is 49.2 Å². The molecule has 0 heterocycles. The molecule has 2 aromatic carbocycles. The summed E-state index contributed by atoms with van der Waals surface area (Å²) in [5.74, 6) is -0.431. The van der Waals surface area contributed by atoms with Crippen LogP contribution in [0.4, 0.5) is 5.69 Å². The molecule has 27 heavy (non-hydrogen) atoms. The lowest BCUT2D eigenvalue weighted by Crippen LogP contribution is -2.32. The molecule has 1 N–H and O–H groups in total.